The number of aromatic nitrogens is 2. The molecule has 1 aromatic heterocycles. The molecule has 0 atom stereocenters. The molecule has 1 heterocycles. The number of carbonyl (C=O) groups excluding carboxylic acids is 1. The van der Waals surface area contributed by atoms with Crippen LogP contribution in [0.5, 0.6) is 0 Å². The molecule has 0 saturated carbocycles. The number of halogens is 1. The zero-order valence-electron chi connectivity index (χ0n) is 11.7. The SMILES string of the molecule is C/C(=N\NC(=O)Cc1c(C)[nH][nH]c1=O)c1ccc(Br)cc1. The summed E-state index contributed by atoms with van der Waals surface area (Å²) in [5, 5.41) is 9.16. The van der Waals surface area contributed by atoms with Crippen LogP contribution < -0.4 is 11.0 Å². The number of hydrazone groups is 1. The maximum absolute atomic E-state index is 11.8. The Bertz CT molecular complexity index is 728. The van der Waals surface area contributed by atoms with E-state index in [0.717, 1.165) is 10.0 Å². The van der Waals surface area contributed by atoms with E-state index in [2.05, 4.69) is 36.7 Å². The van der Waals surface area contributed by atoms with Gasteiger partial charge in [-0.3, -0.25) is 14.7 Å². The average molecular weight is 351 g/mol. The molecule has 3 N–H and O–H groups in total. The van der Waals surface area contributed by atoms with E-state index in [-0.39, 0.29) is 17.9 Å². The van der Waals surface area contributed by atoms with Gasteiger partial charge in [0, 0.05) is 15.7 Å². The molecule has 0 bridgehead atoms. The summed E-state index contributed by atoms with van der Waals surface area (Å²) in [7, 11) is 0. The molecule has 0 aliphatic carbocycles. The molecular weight excluding hydrogens is 336 g/mol. The van der Waals surface area contributed by atoms with Crippen molar-refractivity contribution in [3.05, 3.63) is 55.9 Å². The zero-order valence-corrected chi connectivity index (χ0v) is 13.2. The standard InChI is InChI=1S/C14H15BrN4O2/c1-8(10-3-5-11(15)6-4-10)16-18-13(20)7-12-9(2)17-19-14(12)21/h3-6H,7H2,1-2H3,(H,18,20)(H2,17,19,21)/b16-8+. The predicted octanol–water partition coefficient (Wildman–Crippen LogP) is 1.86. The van der Waals surface area contributed by atoms with E-state index in [1.54, 1.807) is 13.8 Å². The Labute approximate surface area is 129 Å². The molecule has 0 radical (unpaired) electrons. The van der Waals surface area contributed by atoms with Gasteiger partial charge in [-0.2, -0.15) is 5.10 Å². The normalized spacial score (nSPS) is 11.5. The molecule has 110 valence electrons. The molecule has 2 rings (SSSR count). The van der Waals surface area contributed by atoms with E-state index in [1.165, 1.54) is 0 Å². The number of hydrogen-bond acceptors (Lipinski definition) is 3. The molecule has 1 aromatic carbocycles. The van der Waals surface area contributed by atoms with Crippen molar-refractivity contribution in [1.29, 1.82) is 0 Å². The van der Waals surface area contributed by atoms with Gasteiger partial charge in [-0.15, -0.1) is 0 Å². The molecule has 7 heteroatoms. The van der Waals surface area contributed by atoms with Crippen LogP contribution in [-0.4, -0.2) is 21.8 Å². The van der Waals surface area contributed by atoms with Crippen LogP contribution in [0.4, 0.5) is 0 Å². The minimum absolute atomic E-state index is 0.0121. The van der Waals surface area contributed by atoms with Crippen LogP contribution in [-0.2, 0) is 11.2 Å². The van der Waals surface area contributed by atoms with Gasteiger partial charge in [0.15, 0.2) is 0 Å². The van der Waals surface area contributed by atoms with E-state index in [4.69, 9.17) is 0 Å². The number of nitrogens with one attached hydrogen (secondary N) is 3. The Hall–Kier alpha value is -2.15. The van der Waals surface area contributed by atoms with Crippen LogP contribution in [0.15, 0.2) is 38.6 Å². The number of aromatic amines is 2. The fraction of sp³-hybridized carbons (Fsp3) is 0.214. The molecule has 0 spiro atoms. The first kappa shape index (κ1) is 15.2. The number of aryl methyl sites for hydroxylation is 1. The van der Waals surface area contributed by atoms with Crippen LogP contribution in [0.25, 0.3) is 0 Å². The Morgan fingerprint density at radius 1 is 1.29 bits per heavy atom. The summed E-state index contributed by atoms with van der Waals surface area (Å²) in [6, 6.07) is 7.60. The fourth-order valence-electron chi connectivity index (χ4n) is 1.79. The zero-order chi connectivity index (χ0) is 15.4. The van der Waals surface area contributed by atoms with Crippen molar-refractivity contribution in [2.24, 2.45) is 5.10 Å². The van der Waals surface area contributed by atoms with Crippen molar-refractivity contribution >= 4 is 27.5 Å². The molecule has 6 nitrogen and oxygen atoms in total. The molecule has 1 amide bonds. The Kier molecular flexibility index (Phi) is 4.74. The van der Waals surface area contributed by atoms with Crippen LogP contribution in [0.1, 0.15) is 23.7 Å². The van der Waals surface area contributed by atoms with Gasteiger partial charge in [0.25, 0.3) is 5.56 Å². The minimum atomic E-state index is -0.334. The maximum Gasteiger partial charge on any atom is 0.267 e. The van der Waals surface area contributed by atoms with Crippen molar-refractivity contribution in [2.75, 3.05) is 0 Å². The summed E-state index contributed by atoms with van der Waals surface area (Å²) in [4.78, 5) is 23.3. The highest BCUT2D eigenvalue weighted by molar-refractivity contribution is 9.10. The topological polar surface area (TPSA) is 90.1 Å². The third-order valence-electron chi connectivity index (χ3n) is 3.04. The van der Waals surface area contributed by atoms with Gasteiger partial charge in [0.05, 0.1) is 12.1 Å². The Morgan fingerprint density at radius 3 is 2.52 bits per heavy atom. The maximum atomic E-state index is 11.8. The quantitative estimate of drug-likeness (QED) is 0.580. The second-order valence-electron chi connectivity index (χ2n) is 4.60. The van der Waals surface area contributed by atoms with Crippen molar-refractivity contribution in [2.45, 2.75) is 20.3 Å². The monoisotopic (exact) mass is 350 g/mol. The van der Waals surface area contributed by atoms with Gasteiger partial charge < -0.3 is 5.10 Å². The van der Waals surface area contributed by atoms with E-state index < -0.39 is 0 Å². The van der Waals surface area contributed by atoms with Gasteiger partial charge in [-0.1, -0.05) is 28.1 Å². The highest BCUT2D eigenvalue weighted by atomic mass is 79.9. The van der Waals surface area contributed by atoms with Crippen LogP contribution in [0.2, 0.25) is 0 Å². The van der Waals surface area contributed by atoms with Gasteiger partial charge >= 0.3 is 0 Å². The second-order valence-corrected chi connectivity index (χ2v) is 5.51. The number of amides is 1. The average Bonchev–Trinajstić information content (AvgIpc) is 2.77. The third kappa shape index (κ3) is 3.91. The largest absolute Gasteiger partial charge is 0.302 e. The lowest BCUT2D eigenvalue weighted by molar-refractivity contribution is -0.120. The van der Waals surface area contributed by atoms with Crippen LogP contribution in [0.3, 0.4) is 0 Å². The minimum Gasteiger partial charge on any atom is -0.302 e. The lowest BCUT2D eigenvalue weighted by Gasteiger charge is -2.03. The van der Waals surface area contributed by atoms with Gasteiger partial charge in [-0.05, 0) is 31.5 Å². The van der Waals surface area contributed by atoms with Gasteiger partial charge in [0.1, 0.15) is 0 Å². The van der Waals surface area contributed by atoms with E-state index in [1.807, 2.05) is 24.3 Å². The first-order valence-corrected chi connectivity index (χ1v) is 7.12. The van der Waals surface area contributed by atoms with E-state index >= 15 is 0 Å². The Morgan fingerprint density at radius 2 is 1.95 bits per heavy atom. The predicted molar refractivity (Wildman–Crippen MR) is 84.4 cm³/mol. The molecule has 0 fully saturated rings. The Balaban J connectivity index is 2.01. The summed E-state index contributed by atoms with van der Waals surface area (Å²) in [6.07, 6.45) is -0.0121. The number of benzene rings is 1. The molecule has 0 aliphatic rings. The van der Waals surface area contributed by atoms with Gasteiger partial charge in [0.2, 0.25) is 5.91 Å². The highest BCUT2D eigenvalue weighted by Crippen LogP contribution is 2.11. The molecular formula is C14H15BrN4O2. The van der Waals surface area contributed by atoms with Crippen molar-refractivity contribution in [3.63, 3.8) is 0 Å². The van der Waals surface area contributed by atoms with Crippen molar-refractivity contribution in [3.8, 4) is 0 Å². The van der Waals surface area contributed by atoms with Crippen molar-refractivity contribution < 1.29 is 4.79 Å². The first-order chi connectivity index (χ1) is 9.97. The molecule has 0 saturated heterocycles. The molecule has 0 aliphatic heterocycles. The van der Waals surface area contributed by atoms with E-state index in [9.17, 15) is 9.59 Å². The van der Waals surface area contributed by atoms with Crippen molar-refractivity contribution in [1.82, 2.24) is 15.6 Å². The summed E-state index contributed by atoms with van der Waals surface area (Å²) < 4.78 is 0.977. The number of rotatable bonds is 4. The third-order valence-corrected chi connectivity index (χ3v) is 3.57. The number of carbonyl (C=O) groups is 1. The lowest BCUT2D eigenvalue weighted by Crippen LogP contribution is -2.24. The second kappa shape index (κ2) is 6.53. The fourth-order valence-corrected chi connectivity index (χ4v) is 2.05. The number of H-pyrrole nitrogens is 2. The van der Waals surface area contributed by atoms with Crippen LogP contribution in [0, 0.1) is 6.92 Å². The van der Waals surface area contributed by atoms with E-state index in [0.29, 0.717) is 17.0 Å². The molecule has 2 aromatic rings. The summed E-state index contributed by atoms with van der Waals surface area (Å²) in [6.45, 7) is 3.54. The number of hydrogen-bond donors (Lipinski definition) is 3. The summed E-state index contributed by atoms with van der Waals surface area (Å²) in [5.74, 6) is -0.334. The van der Waals surface area contributed by atoms with Crippen LogP contribution >= 0.6 is 15.9 Å². The molecule has 21 heavy (non-hydrogen) atoms. The smallest absolute Gasteiger partial charge is 0.267 e. The lowest BCUT2D eigenvalue weighted by atomic mass is 10.1. The summed E-state index contributed by atoms with van der Waals surface area (Å²) >= 11 is 3.36. The highest BCUT2D eigenvalue weighted by Gasteiger charge is 2.11. The summed E-state index contributed by atoms with van der Waals surface area (Å²) in [5.41, 5.74) is 4.86. The number of nitrogens with zero attached hydrogens (tertiary/aromatic N) is 1. The first-order valence-electron chi connectivity index (χ1n) is 6.32. The molecule has 0 unspecified atom stereocenters. The van der Waals surface area contributed by atoms with Gasteiger partial charge in [-0.25, -0.2) is 5.43 Å².